The molecule has 14 heavy (non-hydrogen) atoms. The predicted octanol–water partition coefficient (Wildman–Crippen LogP) is 1.73. The summed E-state index contributed by atoms with van der Waals surface area (Å²) in [5.41, 5.74) is 0. The number of ether oxygens (including phenoxy) is 1. The van der Waals surface area contributed by atoms with Gasteiger partial charge in [0.05, 0.1) is 13.0 Å². The van der Waals surface area contributed by atoms with Crippen molar-refractivity contribution in [3.63, 3.8) is 0 Å². The fraction of sp³-hybridized carbons (Fsp3) is 0.900. The molecule has 0 rings (SSSR count). The maximum Gasteiger partial charge on any atom is 0.309 e. The molecule has 0 radical (unpaired) electrons. The first kappa shape index (κ1) is 13.6. The summed E-state index contributed by atoms with van der Waals surface area (Å²) in [5.74, 6) is -0.580. The maximum absolute atomic E-state index is 11.8. The fourth-order valence-corrected chi connectivity index (χ4v) is 2.68. The van der Waals surface area contributed by atoms with Crippen molar-refractivity contribution >= 4 is 16.8 Å². The summed E-state index contributed by atoms with van der Waals surface area (Å²) in [6, 6.07) is 0. The Kier molecular flexibility index (Phi) is 6.00. The van der Waals surface area contributed by atoms with E-state index in [1.165, 1.54) is 7.11 Å². The topological polar surface area (TPSA) is 43.4 Å². The van der Waals surface area contributed by atoms with Crippen LogP contribution in [0.4, 0.5) is 0 Å². The largest absolute Gasteiger partial charge is 0.469 e. The van der Waals surface area contributed by atoms with Crippen LogP contribution in [0.15, 0.2) is 0 Å². The van der Waals surface area contributed by atoms with Crippen molar-refractivity contribution in [2.24, 2.45) is 5.92 Å². The molecule has 0 saturated carbocycles. The normalized spacial score (nSPS) is 19.5. The van der Waals surface area contributed by atoms with E-state index in [1.54, 1.807) is 6.92 Å². The van der Waals surface area contributed by atoms with Crippen LogP contribution in [0.5, 0.6) is 0 Å². The van der Waals surface area contributed by atoms with E-state index >= 15 is 0 Å². The Balaban J connectivity index is 4.38. The van der Waals surface area contributed by atoms with E-state index < -0.39 is 10.8 Å². The second-order valence-electron chi connectivity index (χ2n) is 3.56. The van der Waals surface area contributed by atoms with Crippen molar-refractivity contribution < 1.29 is 13.7 Å². The van der Waals surface area contributed by atoms with Crippen LogP contribution in [0.25, 0.3) is 0 Å². The van der Waals surface area contributed by atoms with Gasteiger partial charge in [0.2, 0.25) is 0 Å². The minimum Gasteiger partial charge on any atom is -0.469 e. The van der Waals surface area contributed by atoms with Crippen molar-refractivity contribution in [2.45, 2.75) is 44.6 Å². The highest BCUT2D eigenvalue weighted by molar-refractivity contribution is 7.86. The number of hydrogen-bond donors (Lipinski definition) is 0. The van der Waals surface area contributed by atoms with Gasteiger partial charge in [-0.3, -0.25) is 9.00 Å². The van der Waals surface area contributed by atoms with Gasteiger partial charge in [0.15, 0.2) is 0 Å². The van der Waals surface area contributed by atoms with Crippen molar-refractivity contribution in [3.05, 3.63) is 0 Å². The average Bonchev–Trinajstić information content (AvgIpc) is 2.23. The predicted molar refractivity (Wildman–Crippen MR) is 58.5 cm³/mol. The van der Waals surface area contributed by atoms with Crippen molar-refractivity contribution in [3.8, 4) is 0 Å². The molecule has 0 spiro atoms. The van der Waals surface area contributed by atoms with E-state index in [-0.39, 0.29) is 22.4 Å². The van der Waals surface area contributed by atoms with Crippen LogP contribution < -0.4 is 0 Å². The molecule has 0 aromatic carbocycles. The molecule has 0 amide bonds. The second-order valence-corrected chi connectivity index (χ2v) is 5.77. The Hall–Kier alpha value is -0.380. The highest BCUT2D eigenvalue weighted by Gasteiger charge is 2.27. The van der Waals surface area contributed by atoms with E-state index in [2.05, 4.69) is 4.74 Å². The van der Waals surface area contributed by atoms with Crippen LogP contribution in [-0.4, -0.2) is 27.8 Å². The third kappa shape index (κ3) is 3.40. The molecule has 0 aliphatic rings. The third-order valence-electron chi connectivity index (χ3n) is 2.62. The molecule has 4 atom stereocenters. The first-order chi connectivity index (χ1) is 6.45. The summed E-state index contributed by atoms with van der Waals surface area (Å²) < 4.78 is 16.5. The molecule has 0 fully saturated rings. The highest BCUT2D eigenvalue weighted by Crippen LogP contribution is 2.16. The van der Waals surface area contributed by atoms with Crippen LogP contribution in [-0.2, 0) is 20.3 Å². The van der Waals surface area contributed by atoms with Crippen LogP contribution in [0.1, 0.15) is 34.1 Å². The Labute approximate surface area is 88.7 Å². The number of esters is 1. The summed E-state index contributed by atoms with van der Waals surface area (Å²) >= 11 is 0. The van der Waals surface area contributed by atoms with Gasteiger partial charge in [0.25, 0.3) is 0 Å². The molecule has 0 bridgehead atoms. The van der Waals surface area contributed by atoms with Crippen LogP contribution in [0.3, 0.4) is 0 Å². The smallest absolute Gasteiger partial charge is 0.309 e. The summed E-state index contributed by atoms with van der Waals surface area (Å²) in [5, 5.41) is -0.00509. The lowest BCUT2D eigenvalue weighted by molar-refractivity contribution is -0.144. The molecule has 84 valence electrons. The third-order valence-corrected chi connectivity index (χ3v) is 4.88. The van der Waals surface area contributed by atoms with Crippen LogP contribution >= 0.6 is 0 Å². The molecule has 3 nitrogen and oxygen atoms in total. The van der Waals surface area contributed by atoms with Crippen molar-refractivity contribution in [1.29, 1.82) is 0 Å². The molecular weight excluding hydrogens is 200 g/mol. The first-order valence-corrected chi connectivity index (χ1v) is 6.20. The summed E-state index contributed by atoms with van der Waals surface area (Å²) in [6.07, 6.45) is 0.866. The average molecular weight is 220 g/mol. The van der Waals surface area contributed by atoms with E-state index in [0.717, 1.165) is 6.42 Å². The van der Waals surface area contributed by atoms with Crippen LogP contribution in [0, 0.1) is 5.92 Å². The van der Waals surface area contributed by atoms with Gasteiger partial charge < -0.3 is 4.74 Å². The summed E-state index contributed by atoms with van der Waals surface area (Å²) in [7, 11) is 0.396. The quantitative estimate of drug-likeness (QED) is 0.663. The Morgan fingerprint density at radius 1 is 1.36 bits per heavy atom. The molecule has 0 saturated heterocycles. The number of hydrogen-bond acceptors (Lipinski definition) is 3. The zero-order valence-corrected chi connectivity index (χ0v) is 10.4. The second kappa shape index (κ2) is 6.17. The fourth-order valence-electron chi connectivity index (χ4n) is 1.11. The Bertz CT molecular complexity index is 215. The molecule has 4 unspecified atom stereocenters. The number of methoxy groups -OCH3 is 1. The molecule has 0 N–H and O–H groups in total. The summed E-state index contributed by atoms with van der Waals surface area (Å²) in [4.78, 5) is 11.2. The van der Waals surface area contributed by atoms with Crippen molar-refractivity contribution in [1.82, 2.24) is 0 Å². The first-order valence-electron chi connectivity index (χ1n) is 4.92. The van der Waals surface area contributed by atoms with Gasteiger partial charge in [0, 0.05) is 21.3 Å². The molecule has 4 heteroatoms. The SMILES string of the molecule is CCC(C)S(=O)C(C)C(C)C(=O)OC. The van der Waals surface area contributed by atoms with Gasteiger partial charge in [-0.05, 0) is 13.3 Å². The van der Waals surface area contributed by atoms with Crippen LogP contribution in [0.2, 0.25) is 0 Å². The lowest BCUT2D eigenvalue weighted by Crippen LogP contribution is -2.32. The molecule has 0 aliphatic heterocycles. The van der Waals surface area contributed by atoms with E-state index in [9.17, 15) is 9.00 Å². The minimum atomic E-state index is -0.963. The number of rotatable bonds is 5. The molecule has 0 aliphatic carbocycles. The maximum atomic E-state index is 11.8. The van der Waals surface area contributed by atoms with Gasteiger partial charge in [-0.1, -0.05) is 20.8 Å². The van der Waals surface area contributed by atoms with Gasteiger partial charge in [-0.25, -0.2) is 0 Å². The van der Waals surface area contributed by atoms with Gasteiger partial charge >= 0.3 is 5.97 Å². The zero-order chi connectivity index (χ0) is 11.3. The lowest BCUT2D eigenvalue weighted by Gasteiger charge is -2.20. The summed E-state index contributed by atoms with van der Waals surface area (Å²) in [6.45, 7) is 7.54. The number of carbonyl (C=O) groups excluding carboxylic acids is 1. The monoisotopic (exact) mass is 220 g/mol. The molecule has 0 heterocycles. The van der Waals surface area contributed by atoms with Crippen molar-refractivity contribution in [2.75, 3.05) is 7.11 Å². The highest BCUT2D eigenvalue weighted by atomic mass is 32.2. The zero-order valence-electron chi connectivity index (χ0n) is 9.57. The minimum absolute atomic E-state index is 0.136. The van der Waals surface area contributed by atoms with Gasteiger partial charge in [-0.2, -0.15) is 0 Å². The Morgan fingerprint density at radius 2 is 1.86 bits per heavy atom. The standard InChI is InChI=1S/C10H20O3S/c1-6-7(2)14(12)9(4)8(3)10(11)13-5/h7-9H,6H2,1-5H3. The molecule has 0 aromatic heterocycles. The van der Waals surface area contributed by atoms with Gasteiger partial charge in [-0.15, -0.1) is 0 Å². The number of carbonyl (C=O) groups is 1. The van der Waals surface area contributed by atoms with E-state index in [0.29, 0.717) is 0 Å². The Morgan fingerprint density at radius 3 is 2.21 bits per heavy atom. The molecular formula is C10H20O3S. The molecule has 0 aromatic rings. The lowest BCUT2D eigenvalue weighted by atomic mass is 10.1. The van der Waals surface area contributed by atoms with E-state index in [4.69, 9.17) is 0 Å². The van der Waals surface area contributed by atoms with E-state index in [1.807, 2.05) is 20.8 Å². The van der Waals surface area contributed by atoms with Gasteiger partial charge in [0.1, 0.15) is 0 Å².